The molecule has 140 valence electrons. The summed E-state index contributed by atoms with van der Waals surface area (Å²) in [5, 5.41) is 11.6. The number of primary sulfonamides is 1. The zero-order chi connectivity index (χ0) is 19.0. The topological polar surface area (TPSA) is 106 Å². The number of nitrogens with zero attached hydrogens (tertiary/aromatic N) is 1. The quantitative estimate of drug-likeness (QED) is 0.498. The third-order valence-electron chi connectivity index (χ3n) is 3.78. The molecular formula is C18H24N4O3S. The summed E-state index contributed by atoms with van der Waals surface area (Å²) < 4.78 is 27.7. The van der Waals surface area contributed by atoms with E-state index in [1.54, 1.807) is 26.3 Å². The number of nitrogens with one attached hydrogen (secondary N) is 2. The Hall–Kier alpha value is -2.58. The number of ether oxygens (including phenoxy) is 1. The first-order valence-corrected chi connectivity index (χ1v) is 9.66. The molecule has 0 amide bonds. The van der Waals surface area contributed by atoms with Crippen molar-refractivity contribution in [2.75, 3.05) is 20.7 Å². The van der Waals surface area contributed by atoms with E-state index in [2.05, 4.69) is 15.6 Å². The summed E-state index contributed by atoms with van der Waals surface area (Å²) in [4.78, 5) is 4.31. The molecule has 0 unspecified atom stereocenters. The van der Waals surface area contributed by atoms with Gasteiger partial charge < -0.3 is 15.4 Å². The van der Waals surface area contributed by atoms with Crippen LogP contribution in [0.1, 0.15) is 11.1 Å². The minimum atomic E-state index is -3.65. The van der Waals surface area contributed by atoms with Crippen LogP contribution in [0.5, 0.6) is 5.75 Å². The van der Waals surface area contributed by atoms with E-state index in [0.29, 0.717) is 19.0 Å². The minimum Gasteiger partial charge on any atom is -0.497 e. The van der Waals surface area contributed by atoms with Gasteiger partial charge in [0.25, 0.3) is 0 Å². The average Bonchev–Trinajstić information content (AvgIpc) is 2.64. The van der Waals surface area contributed by atoms with Gasteiger partial charge in [0.15, 0.2) is 5.96 Å². The fourth-order valence-electron chi connectivity index (χ4n) is 2.36. The lowest BCUT2D eigenvalue weighted by Crippen LogP contribution is -2.37. The average molecular weight is 376 g/mol. The third kappa shape index (κ3) is 6.05. The number of methoxy groups -OCH3 is 1. The molecule has 7 nitrogen and oxygen atoms in total. The minimum absolute atomic E-state index is 0.116. The lowest BCUT2D eigenvalue weighted by atomic mass is 10.1. The molecule has 0 atom stereocenters. The molecule has 4 N–H and O–H groups in total. The van der Waals surface area contributed by atoms with E-state index >= 15 is 0 Å². The molecule has 0 bridgehead atoms. The second-order valence-electron chi connectivity index (χ2n) is 5.64. The van der Waals surface area contributed by atoms with Gasteiger partial charge in [-0.05, 0) is 41.8 Å². The summed E-state index contributed by atoms with van der Waals surface area (Å²) in [7, 11) is -0.298. The molecule has 0 spiro atoms. The fraction of sp³-hybridized carbons (Fsp3) is 0.278. The van der Waals surface area contributed by atoms with Crippen LogP contribution < -0.4 is 20.5 Å². The standard InChI is InChI=1S/C18H24N4O3S/c1-20-18(22-13-15-4-3-5-16(12-15)25-2)21-11-10-14-6-8-17(9-7-14)26(19,23)24/h3-9,12H,10-11,13H2,1-2H3,(H2,19,23,24)(H2,20,21,22). The van der Waals surface area contributed by atoms with Crippen molar-refractivity contribution in [1.29, 1.82) is 0 Å². The Bertz CT molecular complexity index is 849. The molecule has 0 aliphatic rings. The Kier molecular flexibility index (Phi) is 6.99. The van der Waals surface area contributed by atoms with Gasteiger partial charge >= 0.3 is 0 Å². The zero-order valence-electron chi connectivity index (χ0n) is 14.9. The van der Waals surface area contributed by atoms with Crippen molar-refractivity contribution in [1.82, 2.24) is 10.6 Å². The smallest absolute Gasteiger partial charge is 0.238 e. The molecule has 2 rings (SSSR count). The first-order chi connectivity index (χ1) is 12.4. The number of hydrogen-bond acceptors (Lipinski definition) is 4. The van der Waals surface area contributed by atoms with E-state index in [0.717, 1.165) is 23.3 Å². The number of aliphatic imine (C=N–C) groups is 1. The summed E-state index contributed by atoms with van der Waals surface area (Å²) >= 11 is 0. The van der Waals surface area contributed by atoms with E-state index < -0.39 is 10.0 Å². The van der Waals surface area contributed by atoms with Gasteiger partial charge in [-0.3, -0.25) is 4.99 Å². The van der Waals surface area contributed by atoms with Crippen molar-refractivity contribution in [3.05, 3.63) is 59.7 Å². The van der Waals surface area contributed by atoms with E-state index in [1.807, 2.05) is 24.3 Å². The first kappa shape index (κ1) is 19.7. The Morgan fingerprint density at radius 2 is 1.85 bits per heavy atom. The SMILES string of the molecule is CN=C(NCCc1ccc(S(N)(=O)=O)cc1)NCc1cccc(OC)c1. The highest BCUT2D eigenvalue weighted by molar-refractivity contribution is 7.89. The molecular weight excluding hydrogens is 352 g/mol. The van der Waals surface area contributed by atoms with Crippen LogP contribution in [-0.4, -0.2) is 35.1 Å². The monoisotopic (exact) mass is 376 g/mol. The number of sulfonamides is 1. The van der Waals surface area contributed by atoms with Gasteiger partial charge in [0.05, 0.1) is 12.0 Å². The summed E-state index contributed by atoms with van der Waals surface area (Å²) in [6.45, 7) is 1.28. The maximum absolute atomic E-state index is 11.2. The lowest BCUT2D eigenvalue weighted by Gasteiger charge is -2.12. The molecule has 0 saturated heterocycles. The van der Waals surface area contributed by atoms with Gasteiger partial charge in [0.1, 0.15) is 5.75 Å². The van der Waals surface area contributed by atoms with Crippen molar-refractivity contribution >= 4 is 16.0 Å². The molecule has 2 aromatic carbocycles. The van der Waals surface area contributed by atoms with E-state index in [-0.39, 0.29) is 4.90 Å². The molecule has 0 aromatic heterocycles. The van der Waals surface area contributed by atoms with Crippen molar-refractivity contribution in [3.63, 3.8) is 0 Å². The molecule has 0 aliphatic carbocycles. The molecule has 0 radical (unpaired) electrons. The summed E-state index contributed by atoms with van der Waals surface area (Å²) in [5.74, 6) is 1.50. The maximum atomic E-state index is 11.2. The predicted molar refractivity (Wildman–Crippen MR) is 103 cm³/mol. The second kappa shape index (κ2) is 9.21. The molecule has 26 heavy (non-hydrogen) atoms. The predicted octanol–water partition coefficient (Wildman–Crippen LogP) is 1.25. The Morgan fingerprint density at radius 1 is 1.12 bits per heavy atom. The van der Waals surface area contributed by atoms with Gasteiger partial charge in [-0.2, -0.15) is 0 Å². The van der Waals surface area contributed by atoms with Crippen LogP contribution in [0.4, 0.5) is 0 Å². The maximum Gasteiger partial charge on any atom is 0.238 e. The zero-order valence-corrected chi connectivity index (χ0v) is 15.7. The number of rotatable bonds is 7. The van der Waals surface area contributed by atoms with Crippen LogP contribution in [-0.2, 0) is 23.0 Å². The summed E-state index contributed by atoms with van der Waals surface area (Å²) in [5.41, 5.74) is 2.10. The second-order valence-corrected chi connectivity index (χ2v) is 7.20. The summed E-state index contributed by atoms with van der Waals surface area (Å²) in [6, 6.07) is 14.4. The van der Waals surface area contributed by atoms with E-state index in [1.165, 1.54) is 12.1 Å². The van der Waals surface area contributed by atoms with Gasteiger partial charge in [-0.1, -0.05) is 24.3 Å². The van der Waals surface area contributed by atoms with Crippen LogP contribution in [0.2, 0.25) is 0 Å². The number of nitrogens with two attached hydrogens (primary N) is 1. The Labute approximate surface area is 154 Å². The molecule has 2 aromatic rings. The Morgan fingerprint density at radius 3 is 2.46 bits per heavy atom. The third-order valence-corrected chi connectivity index (χ3v) is 4.70. The van der Waals surface area contributed by atoms with Crippen LogP contribution in [0.3, 0.4) is 0 Å². The van der Waals surface area contributed by atoms with Crippen LogP contribution in [0.25, 0.3) is 0 Å². The van der Waals surface area contributed by atoms with Gasteiger partial charge in [-0.25, -0.2) is 13.6 Å². The highest BCUT2D eigenvalue weighted by atomic mass is 32.2. The molecule has 0 aliphatic heterocycles. The molecule has 0 fully saturated rings. The summed E-state index contributed by atoms with van der Waals surface area (Å²) in [6.07, 6.45) is 0.727. The van der Waals surface area contributed by atoms with Crippen molar-refractivity contribution in [3.8, 4) is 5.75 Å². The molecule has 0 heterocycles. The van der Waals surface area contributed by atoms with Gasteiger partial charge in [0.2, 0.25) is 10.0 Å². The lowest BCUT2D eigenvalue weighted by molar-refractivity contribution is 0.414. The fourth-order valence-corrected chi connectivity index (χ4v) is 2.88. The number of benzene rings is 2. The number of guanidine groups is 1. The normalized spacial score (nSPS) is 11.9. The number of hydrogen-bond donors (Lipinski definition) is 3. The van der Waals surface area contributed by atoms with Gasteiger partial charge in [0, 0.05) is 20.1 Å². The van der Waals surface area contributed by atoms with Crippen molar-refractivity contribution in [2.45, 2.75) is 17.9 Å². The first-order valence-electron chi connectivity index (χ1n) is 8.11. The Balaban J connectivity index is 1.81. The largest absolute Gasteiger partial charge is 0.497 e. The van der Waals surface area contributed by atoms with Gasteiger partial charge in [-0.15, -0.1) is 0 Å². The van der Waals surface area contributed by atoms with Crippen LogP contribution in [0.15, 0.2) is 58.4 Å². The molecule has 8 heteroatoms. The van der Waals surface area contributed by atoms with Crippen molar-refractivity contribution < 1.29 is 13.2 Å². The van der Waals surface area contributed by atoms with Crippen molar-refractivity contribution in [2.24, 2.45) is 10.1 Å². The highest BCUT2D eigenvalue weighted by Crippen LogP contribution is 2.12. The van der Waals surface area contributed by atoms with Crippen LogP contribution in [0, 0.1) is 0 Å². The molecule has 0 saturated carbocycles. The van der Waals surface area contributed by atoms with E-state index in [4.69, 9.17) is 9.88 Å². The van der Waals surface area contributed by atoms with E-state index in [9.17, 15) is 8.42 Å². The highest BCUT2D eigenvalue weighted by Gasteiger charge is 2.06. The van der Waals surface area contributed by atoms with Crippen LogP contribution >= 0.6 is 0 Å².